The smallest absolute Gasteiger partial charge is 0.156 e. The maximum atomic E-state index is 5.90. The first-order chi connectivity index (χ1) is 11.6. The second-order valence-electron chi connectivity index (χ2n) is 5.35. The maximum absolute atomic E-state index is 5.90. The molecule has 0 aliphatic rings. The summed E-state index contributed by atoms with van der Waals surface area (Å²) in [5.41, 5.74) is 12.2. The van der Waals surface area contributed by atoms with Crippen LogP contribution in [0.25, 0.3) is 10.8 Å². The Labute approximate surface area is 145 Å². The van der Waals surface area contributed by atoms with Gasteiger partial charge in [-0.3, -0.25) is 0 Å². The molecule has 0 amide bonds. The number of fused-ring (bicyclic) bond motifs is 1. The minimum atomic E-state index is 0.341. The fourth-order valence-electron chi connectivity index (χ4n) is 2.29. The van der Waals surface area contributed by atoms with Crippen LogP contribution in [-0.4, -0.2) is 10.8 Å². The van der Waals surface area contributed by atoms with E-state index >= 15 is 0 Å². The van der Waals surface area contributed by atoms with E-state index in [9.17, 15) is 0 Å². The SMILES string of the molecule is C/C(N)=C/C(N)=N\c1cc2ccccc2c(Sc2ccccc2)n1. The number of pyridine rings is 1. The van der Waals surface area contributed by atoms with Gasteiger partial charge in [-0.15, -0.1) is 0 Å². The normalized spacial score (nSPS) is 12.5. The Morgan fingerprint density at radius 2 is 1.75 bits per heavy atom. The lowest BCUT2D eigenvalue weighted by Crippen LogP contribution is -2.10. The van der Waals surface area contributed by atoms with Crippen LogP contribution in [0.5, 0.6) is 0 Å². The van der Waals surface area contributed by atoms with Crippen LogP contribution in [0, 0.1) is 0 Å². The van der Waals surface area contributed by atoms with E-state index < -0.39 is 0 Å². The number of aliphatic imine (C=N–C) groups is 1. The van der Waals surface area contributed by atoms with Gasteiger partial charge in [-0.05, 0) is 36.6 Å². The number of benzene rings is 2. The Morgan fingerprint density at radius 3 is 2.50 bits per heavy atom. The molecule has 0 radical (unpaired) electrons. The Balaban J connectivity index is 2.08. The van der Waals surface area contributed by atoms with E-state index in [1.807, 2.05) is 42.5 Å². The lowest BCUT2D eigenvalue weighted by molar-refractivity contribution is 1.15. The summed E-state index contributed by atoms with van der Waals surface area (Å²) in [5, 5.41) is 3.07. The first-order valence-corrected chi connectivity index (χ1v) is 8.34. The van der Waals surface area contributed by atoms with Crippen molar-refractivity contribution in [3.63, 3.8) is 0 Å². The third-order valence-electron chi connectivity index (χ3n) is 3.27. The van der Waals surface area contributed by atoms with Crippen LogP contribution >= 0.6 is 11.8 Å². The number of allylic oxidation sites excluding steroid dienone is 1. The molecule has 0 aliphatic carbocycles. The van der Waals surface area contributed by atoms with Crippen LogP contribution in [0.2, 0.25) is 0 Å². The van der Waals surface area contributed by atoms with E-state index in [0.717, 1.165) is 20.7 Å². The molecule has 0 spiro atoms. The average Bonchev–Trinajstić information content (AvgIpc) is 2.55. The topological polar surface area (TPSA) is 77.3 Å². The summed E-state index contributed by atoms with van der Waals surface area (Å²) in [6.45, 7) is 1.77. The van der Waals surface area contributed by atoms with E-state index in [-0.39, 0.29) is 0 Å². The highest BCUT2D eigenvalue weighted by atomic mass is 32.2. The van der Waals surface area contributed by atoms with Crippen molar-refractivity contribution in [3.8, 4) is 0 Å². The first-order valence-electron chi connectivity index (χ1n) is 7.52. The molecule has 120 valence electrons. The molecule has 0 bridgehead atoms. The number of hydrogen-bond donors (Lipinski definition) is 2. The van der Waals surface area contributed by atoms with Gasteiger partial charge in [0, 0.05) is 16.0 Å². The zero-order chi connectivity index (χ0) is 16.9. The zero-order valence-electron chi connectivity index (χ0n) is 13.3. The molecule has 5 heteroatoms. The van der Waals surface area contributed by atoms with Crippen molar-refractivity contribution in [1.29, 1.82) is 0 Å². The molecule has 0 saturated carbocycles. The van der Waals surface area contributed by atoms with Crippen LogP contribution in [0.3, 0.4) is 0 Å². The largest absolute Gasteiger partial charge is 0.402 e. The summed E-state index contributed by atoms with van der Waals surface area (Å²) in [7, 11) is 0. The number of rotatable bonds is 4. The third-order valence-corrected chi connectivity index (χ3v) is 4.28. The fourth-order valence-corrected chi connectivity index (χ4v) is 3.24. The number of aromatic nitrogens is 1. The Kier molecular flexibility index (Phi) is 4.82. The summed E-state index contributed by atoms with van der Waals surface area (Å²) in [4.78, 5) is 10.2. The van der Waals surface area contributed by atoms with Crippen molar-refractivity contribution in [2.45, 2.75) is 16.8 Å². The standard InChI is InChI=1S/C19H18N4S/c1-13(20)11-17(21)22-18-12-14-7-5-6-10-16(14)19(23-18)24-15-8-3-2-4-9-15/h2-12H,20H2,1H3,(H2,21,22,23)/b13-11-. The average molecular weight is 334 g/mol. The quantitative estimate of drug-likeness (QED) is 0.553. The van der Waals surface area contributed by atoms with Crippen LogP contribution in [0.1, 0.15) is 6.92 Å². The monoisotopic (exact) mass is 334 g/mol. The van der Waals surface area contributed by atoms with Crippen molar-refractivity contribution in [2.75, 3.05) is 0 Å². The molecular formula is C19H18N4S. The zero-order valence-corrected chi connectivity index (χ0v) is 14.1. The Hall–Kier alpha value is -2.79. The molecule has 2 aromatic carbocycles. The summed E-state index contributed by atoms with van der Waals surface area (Å²) in [5.74, 6) is 0.913. The van der Waals surface area contributed by atoms with Gasteiger partial charge in [0.05, 0.1) is 0 Å². The van der Waals surface area contributed by atoms with Crippen LogP contribution in [0.15, 0.2) is 87.4 Å². The molecule has 3 aromatic rings. The highest BCUT2D eigenvalue weighted by Crippen LogP contribution is 2.33. The van der Waals surface area contributed by atoms with Gasteiger partial charge in [-0.2, -0.15) is 0 Å². The molecule has 0 unspecified atom stereocenters. The minimum Gasteiger partial charge on any atom is -0.402 e. The van der Waals surface area contributed by atoms with Crippen molar-refractivity contribution >= 4 is 34.2 Å². The molecule has 3 rings (SSSR count). The van der Waals surface area contributed by atoms with E-state index in [1.54, 1.807) is 24.8 Å². The van der Waals surface area contributed by atoms with Gasteiger partial charge in [0.15, 0.2) is 5.82 Å². The molecule has 24 heavy (non-hydrogen) atoms. The second-order valence-corrected chi connectivity index (χ2v) is 6.41. The molecule has 0 saturated heterocycles. The highest BCUT2D eigenvalue weighted by Gasteiger charge is 2.07. The number of amidine groups is 1. The van der Waals surface area contributed by atoms with Crippen LogP contribution in [-0.2, 0) is 0 Å². The number of nitrogens with zero attached hydrogens (tertiary/aromatic N) is 2. The van der Waals surface area contributed by atoms with Crippen LogP contribution in [0.4, 0.5) is 5.82 Å². The van der Waals surface area contributed by atoms with Crippen molar-refractivity contribution in [1.82, 2.24) is 4.98 Å². The number of nitrogens with two attached hydrogens (primary N) is 2. The van der Waals surface area contributed by atoms with Gasteiger partial charge in [0.25, 0.3) is 0 Å². The first kappa shape index (κ1) is 16.1. The van der Waals surface area contributed by atoms with E-state index in [2.05, 4.69) is 28.2 Å². The minimum absolute atomic E-state index is 0.341. The Bertz CT molecular complexity index is 913. The predicted octanol–water partition coefficient (Wildman–Crippen LogP) is 4.24. The Morgan fingerprint density at radius 1 is 1.04 bits per heavy atom. The summed E-state index contributed by atoms with van der Waals surface area (Å²) < 4.78 is 0. The summed E-state index contributed by atoms with van der Waals surface area (Å²) in [6, 6.07) is 20.2. The molecule has 4 N–H and O–H groups in total. The molecule has 0 atom stereocenters. The summed E-state index contributed by atoms with van der Waals surface area (Å²) >= 11 is 1.61. The lowest BCUT2D eigenvalue weighted by atomic mass is 10.2. The molecule has 4 nitrogen and oxygen atoms in total. The lowest BCUT2D eigenvalue weighted by Gasteiger charge is -2.07. The summed E-state index contributed by atoms with van der Waals surface area (Å²) in [6.07, 6.45) is 1.63. The van der Waals surface area contributed by atoms with Gasteiger partial charge in [-0.25, -0.2) is 9.98 Å². The predicted molar refractivity (Wildman–Crippen MR) is 102 cm³/mol. The van der Waals surface area contributed by atoms with E-state index in [0.29, 0.717) is 17.4 Å². The second kappa shape index (κ2) is 7.19. The molecule has 0 fully saturated rings. The van der Waals surface area contributed by atoms with E-state index in [4.69, 9.17) is 11.5 Å². The molecule has 0 aliphatic heterocycles. The van der Waals surface area contributed by atoms with Gasteiger partial charge >= 0.3 is 0 Å². The van der Waals surface area contributed by atoms with Gasteiger partial charge in [-0.1, -0.05) is 54.2 Å². The van der Waals surface area contributed by atoms with Gasteiger partial charge in [0.1, 0.15) is 10.9 Å². The van der Waals surface area contributed by atoms with Gasteiger partial charge < -0.3 is 11.5 Å². The van der Waals surface area contributed by atoms with Crippen LogP contribution < -0.4 is 11.5 Å². The molecule has 1 heterocycles. The van der Waals surface area contributed by atoms with Crippen molar-refractivity contribution < 1.29 is 0 Å². The van der Waals surface area contributed by atoms with Crippen molar-refractivity contribution in [2.24, 2.45) is 16.5 Å². The molecule has 1 aromatic heterocycles. The molecular weight excluding hydrogens is 316 g/mol. The number of hydrogen-bond acceptors (Lipinski definition) is 4. The van der Waals surface area contributed by atoms with Gasteiger partial charge in [0.2, 0.25) is 0 Å². The van der Waals surface area contributed by atoms with E-state index in [1.165, 1.54) is 0 Å². The maximum Gasteiger partial charge on any atom is 0.156 e. The van der Waals surface area contributed by atoms with Crippen molar-refractivity contribution in [3.05, 3.63) is 72.4 Å². The third kappa shape index (κ3) is 3.94. The highest BCUT2D eigenvalue weighted by molar-refractivity contribution is 7.99. The fraction of sp³-hybridized carbons (Fsp3) is 0.0526.